The van der Waals surface area contributed by atoms with Gasteiger partial charge in [-0.25, -0.2) is 0 Å². The Kier molecular flexibility index (Phi) is 4.57. The van der Waals surface area contributed by atoms with Gasteiger partial charge in [-0.05, 0) is 30.5 Å². The fraction of sp³-hybridized carbons (Fsp3) is 0.400. The molecule has 6 nitrogen and oxygen atoms in total. The number of aromatic carboxylic acids is 1. The molecular weight excluding hydrogens is 274 g/mol. The minimum Gasteiger partial charge on any atom is -0.550 e. The SMILES string of the molecule is O=C([O-])c1ccc(NC(=O)[C@@H]2CCCC[C@@H]2C(=O)[O-])cc1. The van der Waals surface area contributed by atoms with Crippen molar-refractivity contribution in [2.75, 3.05) is 5.32 Å². The molecule has 1 amide bonds. The first-order chi connectivity index (χ1) is 9.99. The number of carboxylic acids is 2. The summed E-state index contributed by atoms with van der Waals surface area (Å²) in [6.45, 7) is 0. The number of aliphatic carboxylic acids is 1. The van der Waals surface area contributed by atoms with Crippen molar-refractivity contribution in [2.45, 2.75) is 25.7 Å². The highest BCUT2D eigenvalue weighted by Gasteiger charge is 2.31. The molecule has 1 aliphatic carbocycles. The molecular formula is C15H15NO5-2. The van der Waals surface area contributed by atoms with Gasteiger partial charge in [0.1, 0.15) is 0 Å². The molecule has 0 radical (unpaired) electrons. The van der Waals surface area contributed by atoms with Crippen LogP contribution in [-0.2, 0) is 9.59 Å². The number of hydrogen-bond acceptors (Lipinski definition) is 5. The van der Waals surface area contributed by atoms with Crippen molar-refractivity contribution in [2.24, 2.45) is 11.8 Å². The van der Waals surface area contributed by atoms with Gasteiger partial charge in [-0.2, -0.15) is 0 Å². The van der Waals surface area contributed by atoms with Gasteiger partial charge in [-0.1, -0.05) is 25.0 Å². The molecule has 1 N–H and O–H groups in total. The number of rotatable bonds is 4. The molecule has 0 spiro atoms. The highest BCUT2D eigenvalue weighted by atomic mass is 16.4. The van der Waals surface area contributed by atoms with Crippen LogP contribution in [0, 0.1) is 11.8 Å². The minimum absolute atomic E-state index is 0.0123. The summed E-state index contributed by atoms with van der Waals surface area (Å²) in [6.07, 6.45) is 2.56. The summed E-state index contributed by atoms with van der Waals surface area (Å²) in [7, 11) is 0. The summed E-state index contributed by atoms with van der Waals surface area (Å²) >= 11 is 0. The minimum atomic E-state index is -1.29. The second-order valence-electron chi connectivity index (χ2n) is 5.17. The number of amides is 1. The molecule has 1 saturated carbocycles. The predicted molar refractivity (Wildman–Crippen MR) is 69.9 cm³/mol. The molecule has 6 heteroatoms. The van der Waals surface area contributed by atoms with Crippen molar-refractivity contribution in [3.05, 3.63) is 29.8 Å². The molecule has 21 heavy (non-hydrogen) atoms. The van der Waals surface area contributed by atoms with E-state index in [9.17, 15) is 24.6 Å². The summed E-state index contributed by atoms with van der Waals surface area (Å²) < 4.78 is 0. The standard InChI is InChI=1S/C15H17NO5/c17-13(11-3-1-2-4-12(11)15(20)21)16-10-7-5-9(6-8-10)14(18)19/h5-8,11-12H,1-4H2,(H,16,17)(H,18,19)(H,20,21)/p-2/t11-,12+/m1/s1. The summed E-state index contributed by atoms with van der Waals surface area (Å²) in [4.78, 5) is 33.9. The third-order valence-corrected chi connectivity index (χ3v) is 3.79. The fourth-order valence-corrected chi connectivity index (χ4v) is 2.65. The van der Waals surface area contributed by atoms with Crippen LogP contribution in [0.1, 0.15) is 36.0 Å². The summed E-state index contributed by atoms with van der Waals surface area (Å²) in [5.74, 6) is -4.23. The zero-order chi connectivity index (χ0) is 15.4. The number of anilines is 1. The maximum Gasteiger partial charge on any atom is 0.228 e. The zero-order valence-electron chi connectivity index (χ0n) is 11.3. The molecule has 0 aromatic heterocycles. The van der Waals surface area contributed by atoms with Gasteiger partial charge in [0, 0.05) is 23.5 Å². The Morgan fingerprint density at radius 1 is 0.952 bits per heavy atom. The first-order valence-electron chi connectivity index (χ1n) is 6.82. The second-order valence-corrected chi connectivity index (χ2v) is 5.17. The molecule has 1 fully saturated rings. The van der Waals surface area contributed by atoms with Crippen molar-refractivity contribution in [3.63, 3.8) is 0 Å². The number of carbonyl (C=O) groups excluding carboxylic acids is 3. The van der Waals surface area contributed by atoms with E-state index in [1.165, 1.54) is 24.3 Å². The number of carboxylic acid groups (broad SMARTS) is 2. The number of nitrogens with one attached hydrogen (secondary N) is 1. The van der Waals surface area contributed by atoms with Crippen LogP contribution in [0.15, 0.2) is 24.3 Å². The van der Waals surface area contributed by atoms with Gasteiger partial charge < -0.3 is 25.1 Å². The van der Waals surface area contributed by atoms with Crippen LogP contribution in [-0.4, -0.2) is 17.8 Å². The Morgan fingerprint density at radius 2 is 1.52 bits per heavy atom. The molecule has 0 aliphatic heterocycles. The van der Waals surface area contributed by atoms with Crippen molar-refractivity contribution < 1.29 is 24.6 Å². The lowest BCUT2D eigenvalue weighted by Gasteiger charge is -2.31. The lowest BCUT2D eigenvalue weighted by molar-refractivity contribution is -0.313. The van der Waals surface area contributed by atoms with Crippen LogP contribution in [0.5, 0.6) is 0 Å². The van der Waals surface area contributed by atoms with Gasteiger partial charge >= 0.3 is 0 Å². The summed E-state index contributed by atoms with van der Waals surface area (Å²) in [6, 6.07) is 5.53. The predicted octanol–water partition coefficient (Wildman–Crippen LogP) is -0.455. The lowest BCUT2D eigenvalue weighted by Crippen LogP contribution is -2.42. The van der Waals surface area contributed by atoms with Crippen molar-refractivity contribution in [3.8, 4) is 0 Å². The molecule has 0 bridgehead atoms. The molecule has 112 valence electrons. The van der Waals surface area contributed by atoms with Crippen LogP contribution >= 0.6 is 0 Å². The van der Waals surface area contributed by atoms with Gasteiger partial charge in [0.05, 0.1) is 5.97 Å². The Balaban J connectivity index is 2.05. The maximum absolute atomic E-state index is 12.2. The highest BCUT2D eigenvalue weighted by molar-refractivity contribution is 5.95. The first-order valence-corrected chi connectivity index (χ1v) is 6.82. The normalized spacial score (nSPS) is 21.5. The quantitative estimate of drug-likeness (QED) is 0.807. The van der Waals surface area contributed by atoms with E-state index in [1.807, 2.05) is 0 Å². The molecule has 0 saturated heterocycles. The average Bonchev–Trinajstić information content (AvgIpc) is 2.47. The average molecular weight is 289 g/mol. The molecule has 1 aromatic carbocycles. The van der Waals surface area contributed by atoms with Crippen molar-refractivity contribution in [1.29, 1.82) is 0 Å². The van der Waals surface area contributed by atoms with E-state index in [0.717, 1.165) is 12.8 Å². The molecule has 2 rings (SSSR count). The van der Waals surface area contributed by atoms with Crippen LogP contribution in [0.4, 0.5) is 5.69 Å². The topological polar surface area (TPSA) is 109 Å². The molecule has 2 atom stereocenters. The Morgan fingerprint density at radius 3 is 2.05 bits per heavy atom. The van der Waals surface area contributed by atoms with Crippen LogP contribution in [0.2, 0.25) is 0 Å². The Bertz CT molecular complexity index is 552. The van der Waals surface area contributed by atoms with Crippen molar-refractivity contribution >= 4 is 23.5 Å². The smallest absolute Gasteiger partial charge is 0.228 e. The van der Waals surface area contributed by atoms with Gasteiger partial charge in [-0.15, -0.1) is 0 Å². The van der Waals surface area contributed by atoms with E-state index < -0.39 is 23.8 Å². The van der Waals surface area contributed by atoms with Crippen LogP contribution in [0.25, 0.3) is 0 Å². The fourth-order valence-electron chi connectivity index (χ4n) is 2.65. The van der Waals surface area contributed by atoms with Crippen molar-refractivity contribution in [1.82, 2.24) is 0 Å². The summed E-state index contributed by atoms with van der Waals surface area (Å²) in [5.41, 5.74) is 0.436. The van der Waals surface area contributed by atoms with Crippen LogP contribution in [0.3, 0.4) is 0 Å². The highest BCUT2D eigenvalue weighted by Crippen LogP contribution is 2.30. The van der Waals surface area contributed by atoms with E-state index in [4.69, 9.17) is 0 Å². The molecule has 0 heterocycles. The van der Waals surface area contributed by atoms with Crippen LogP contribution < -0.4 is 15.5 Å². The first kappa shape index (κ1) is 15.0. The van der Waals surface area contributed by atoms with E-state index >= 15 is 0 Å². The van der Waals surface area contributed by atoms with E-state index in [2.05, 4.69) is 5.32 Å². The number of hydrogen-bond donors (Lipinski definition) is 1. The van der Waals surface area contributed by atoms with Gasteiger partial charge in [0.15, 0.2) is 0 Å². The van der Waals surface area contributed by atoms with Gasteiger partial charge in [-0.3, -0.25) is 4.79 Å². The third-order valence-electron chi connectivity index (χ3n) is 3.79. The summed E-state index contributed by atoms with van der Waals surface area (Å²) in [5, 5.41) is 24.3. The number of benzene rings is 1. The third kappa shape index (κ3) is 3.59. The van der Waals surface area contributed by atoms with Gasteiger partial charge in [0.25, 0.3) is 0 Å². The molecule has 1 aliphatic rings. The maximum atomic E-state index is 12.2. The lowest BCUT2D eigenvalue weighted by atomic mass is 9.78. The van der Waals surface area contributed by atoms with E-state index in [1.54, 1.807) is 0 Å². The molecule has 1 aromatic rings. The zero-order valence-corrected chi connectivity index (χ0v) is 11.3. The molecule has 0 unspecified atom stereocenters. The van der Waals surface area contributed by atoms with E-state index in [0.29, 0.717) is 18.5 Å². The second kappa shape index (κ2) is 6.39. The van der Waals surface area contributed by atoms with E-state index in [-0.39, 0.29) is 11.5 Å². The monoisotopic (exact) mass is 289 g/mol. The van der Waals surface area contributed by atoms with Gasteiger partial charge in [0.2, 0.25) is 5.91 Å². The Hall–Kier alpha value is -2.37. The Labute approximate surface area is 121 Å². The largest absolute Gasteiger partial charge is 0.550 e. The number of carbonyl (C=O) groups is 3.